The van der Waals surface area contributed by atoms with Crippen LogP contribution in [0.15, 0.2) is 29.2 Å². The molecular weight excluding hydrogens is 383 g/mol. The van der Waals surface area contributed by atoms with Crippen molar-refractivity contribution in [2.24, 2.45) is 0 Å². The van der Waals surface area contributed by atoms with E-state index in [1.54, 1.807) is 12.1 Å². The van der Waals surface area contributed by atoms with Gasteiger partial charge in [0.25, 0.3) is 0 Å². The number of unbranched alkanes of at least 4 members (excludes halogenated alkanes) is 3. The zero-order chi connectivity index (χ0) is 20.3. The van der Waals surface area contributed by atoms with Gasteiger partial charge in [0.15, 0.2) is 0 Å². The fourth-order valence-electron chi connectivity index (χ4n) is 3.17. The molecule has 0 atom stereocenters. The third kappa shape index (κ3) is 7.52. The summed E-state index contributed by atoms with van der Waals surface area (Å²) in [4.78, 5) is 11.8. The number of rotatable bonds is 13. The Morgan fingerprint density at radius 3 is 1.93 bits per heavy atom. The van der Waals surface area contributed by atoms with Gasteiger partial charge >= 0.3 is 165 Å². The third-order valence-electron chi connectivity index (χ3n) is 4.79. The molecule has 1 rings (SSSR count). The van der Waals surface area contributed by atoms with Gasteiger partial charge in [0.1, 0.15) is 0 Å². The van der Waals surface area contributed by atoms with Gasteiger partial charge in [-0.2, -0.15) is 0 Å². The second-order valence-corrected chi connectivity index (χ2v) is 13.0. The van der Waals surface area contributed by atoms with E-state index in [2.05, 4.69) is 20.8 Å². The Bertz CT molecular complexity index is 666. The predicted molar refractivity (Wildman–Crippen MR) is 114 cm³/mol. The van der Waals surface area contributed by atoms with Crippen LogP contribution >= 0.6 is 7.49 Å². The van der Waals surface area contributed by atoms with Crippen LogP contribution in [0.25, 0.3) is 0 Å². The van der Waals surface area contributed by atoms with E-state index in [-0.39, 0.29) is 10.5 Å². The van der Waals surface area contributed by atoms with Crippen LogP contribution in [0.3, 0.4) is 0 Å². The van der Waals surface area contributed by atoms with Crippen LogP contribution in [0.1, 0.15) is 69.7 Å². The molecule has 0 fully saturated rings. The second kappa shape index (κ2) is 11.8. The van der Waals surface area contributed by atoms with Crippen LogP contribution in [-0.2, 0) is 18.8 Å². The van der Waals surface area contributed by atoms with E-state index in [1.807, 2.05) is 0 Å². The summed E-state index contributed by atoms with van der Waals surface area (Å²) in [5, 5.41) is 0. The molecule has 5 nitrogen and oxygen atoms in total. The summed E-state index contributed by atoms with van der Waals surface area (Å²) in [5.74, 6) is -0.557. The van der Waals surface area contributed by atoms with Gasteiger partial charge in [-0.05, 0) is 0 Å². The molecule has 27 heavy (non-hydrogen) atoms. The average molecular weight is 419 g/mol. The first-order valence-corrected chi connectivity index (χ1v) is 13.9. The topological polar surface area (TPSA) is 69.7 Å². The summed E-state index contributed by atoms with van der Waals surface area (Å²) in [6.45, 7) is 6.35. The summed E-state index contributed by atoms with van der Waals surface area (Å²) in [5.41, 5.74) is 0.213. The molecule has 0 bridgehead atoms. The molecule has 0 radical (unpaired) electrons. The fraction of sp³-hybridized carbons (Fsp3) is 0.650. The normalized spacial score (nSPS) is 12.7. The van der Waals surface area contributed by atoms with Crippen molar-refractivity contribution in [1.82, 2.24) is 0 Å². The summed E-state index contributed by atoms with van der Waals surface area (Å²) in [6, 6.07) is 5.93. The molecule has 0 amide bonds. The quantitative estimate of drug-likeness (QED) is 0.323. The molecule has 0 aliphatic rings. The molecule has 0 aliphatic heterocycles. The molecule has 0 unspecified atom stereocenters. The number of hydrogen-bond acceptors (Lipinski definition) is 5. The minimum absolute atomic E-state index is 0.0340. The van der Waals surface area contributed by atoms with Gasteiger partial charge in [-0.3, -0.25) is 0 Å². The van der Waals surface area contributed by atoms with Crippen molar-refractivity contribution >= 4 is 23.6 Å². The Labute approximate surface area is 165 Å². The van der Waals surface area contributed by atoms with Crippen molar-refractivity contribution in [3.63, 3.8) is 0 Å². The molecule has 0 N–H and O–H groups in total. The van der Waals surface area contributed by atoms with E-state index < -0.39 is 23.6 Å². The number of hydrogen-bond donors (Lipinski definition) is 0. The Balaban J connectivity index is 3.20. The molecule has 1 aromatic carbocycles. The zero-order valence-corrected chi connectivity index (χ0v) is 18.9. The first-order chi connectivity index (χ1) is 12.8. The minimum atomic E-state index is -3.92. The zero-order valence-electron chi connectivity index (χ0n) is 17.1. The Hall–Kier alpha value is -0.970. The van der Waals surface area contributed by atoms with Crippen LogP contribution < -0.4 is 0 Å². The van der Waals surface area contributed by atoms with E-state index in [9.17, 15) is 13.2 Å². The van der Waals surface area contributed by atoms with Crippen molar-refractivity contribution in [3.8, 4) is 0 Å². The number of benzene rings is 1. The van der Waals surface area contributed by atoms with Gasteiger partial charge in [-0.15, -0.1) is 0 Å². The van der Waals surface area contributed by atoms with Crippen molar-refractivity contribution in [3.05, 3.63) is 29.8 Å². The van der Waals surface area contributed by atoms with E-state index >= 15 is 0 Å². The van der Waals surface area contributed by atoms with E-state index in [1.165, 1.54) is 19.2 Å². The molecule has 0 spiro atoms. The van der Waals surface area contributed by atoms with Gasteiger partial charge in [0, 0.05) is 0 Å². The Morgan fingerprint density at radius 2 is 1.48 bits per heavy atom. The molecule has 0 saturated carbocycles. The standard InChI is InChI=1S/C20H35O5PS/c1-5-8-14-26(15-9-6-2,16-10-7-3)25-27(22,23)19-13-11-12-18(17-19)20(21)24-4/h11-13,17,26H,5-10,14-16H2,1-4H3. The average Bonchev–Trinajstić information content (AvgIpc) is 2.68. The van der Waals surface area contributed by atoms with Gasteiger partial charge < -0.3 is 0 Å². The maximum absolute atomic E-state index is 13.1. The molecule has 7 heteroatoms. The first-order valence-electron chi connectivity index (χ1n) is 9.98. The number of methoxy groups -OCH3 is 1. The van der Waals surface area contributed by atoms with E-state index in [0.29, 0.717) is 0 Å². The summed E-state index contributed by atoms with van der Waals surface area (Å²) >= 11 is 0. The van der Waals surface area contributed by atoms with E-state index in [4.69, 9.17) is 8.71 Å². The molecular formula is C20H35O5PS. The van der Waals surface area contributed by atoms with Gasteiger partial charge in [0.05, 0.1) is 0 Å². The SMILES string of the molecule is CCCC[PH](CCCC)(CCCC)OS(=O)(=O)c1cccc(C(=O)OC)c1. The van der Waals surface area contributed by atoms with E-state index in [0.717, 1.165) is 57.0 Å². The van der Waals surface area contributed by atoms with Crippen LogP contribution in [0.2, 0.25) is 0 Å². The fourth-order valence-corrected chi connectivity index (χ4v) is 10.7. The molecule has 0 aliphatic carbocycles. The number of esters is 1. The van der Waals surface area contributed by atoms with Crippen molar-refractivity contribution < 1.29 is 21.9 Å². The van der Waals surface area contributed by atoms with Crippen LogP contribution in [0.4, 0.5) is 0 Å². The Morgan fingerprint density at radius 1 is 0.963 bits per heavy atom. The number of carbonyl (C=O) groups is 1. The maximum atomic E-state index is 13.1. The number of ether oxygens (including phenoxy) is 1. The summed E-state index contributed by atoms with van der Waals surface area (Å²) < 4.78 is 36.9. The summed E-state index contributed by atoms with van der Waals surface area (Å²) in [7, 11) is -5.08. The monoisotopic (exact) mass is 418 g/mol. The number of carbonyl (C=O) groups excluding carboxylic acids is 1. The van der Waals surface area contributed by atoms with Crippen molar-refractivity contribution in [1.29, 1.82) is 0 Å². The van der Waals surface area contributed by atoms with Gasteiger partial charge in [-0.1, -0.05) is 0 Å². The predicted octanol–water partition coefficient (Wildman–Crippen LogP) is 5.24. The third-order valence-corrected chi connectivity index (χ3v) is 11.7. The molecule has 156 valence electrons. The van der Waals surface area contributed by atoms with Crippen molar-refractivity contribution in [2.45, 2.75) is 64.2 Å². The second-order valence-electron chi connectivity index (χ2n) is 7.05. The van der Waals surface area contributed by atoms with Crippen LogP contribution in [0.5, 0.6) is 0 Å². The molecule has 0 saturated heterocycles. The molecule has 0 heterocycles. The molecule has 1 aromatic rings. The van der Waals surface area contributed by atoms with Gasteiger partial charge in [-0.25, -0.2) is 0 Å². The molecule has 0 aromatic heterocycles. The van der Waals surface area contributed by atoms with Crippen LogP contribution in [0, 0.1) is 0 Å². The Kier molecular flexibility index (Phi) is 10.5. The van der Waals surface area contributed by atoms with Gasteiger partial charge in [0.2, 0.25) is 0 Å². The van der Waals surface area contributed by atoms with Crippen molar-refractivity contribution in [2.75, 3.05) is 25.6 Å². The van der Waals surface area contributed by atoms with Crippen LogP contribution in [-0.4, -0.2) is 40.0 Å². The summed E-state index contributed by atoms with van der Waals surface area (Å²) in [6.07, 6.45) is 8.60. The first kappa shape index (κ1) is 24.1.